The minimum atomic E-state index is 0.774. The highest BCUT2D eigenvalue weighted by atomic mass is 15.1. The van der Waals surface area contributed by atoms with Gasteiger partial charge < -0.3 is 10.6 Å². The maximum absolute atomic E-state index is 4.52. The molecule has 2 aromatic rings. The third-order valence-electron chi connectivity index (χ3n) is 3.35. The lowest BCUT2D eigenvalue weighted by Crippen LogP contribution is -2.07. The highest BCUT2D eigenvalue weighted by molar-refractivity contribution is 5.48. The standard InChI is InChI=1S/C17H24N4/c1-4-13-7-9-14(10-8-13)12-19-17-11-16(18-6-3)20-15(5-2)21-17/h7-11H,4-6,12H2,1-3H3,(H2,18,19,20,21). The number of nitrogens with zero attached hydrogens (tertiary/aromatic N) is 2. The lowest BCUT2D eigenvalue weighted by Gasteiger charge is -2.10. The van der Waals surface area contributed by atoms with Crippen LogP contribution in [0.2, 0.25) is 0 Å². The normalized spacial score (nSPS) is 10.4. The van der Waals surface area contributed by atoms with Crippen LogP contribution in [-0.4, -0.2) is 16.5 Å². The summed E-state index contributed by atoms with van der Waals surface area (Å²) in [6.45, 7) is 7.94. The van der Waals surface area contributed by atoms with Crippen LogP contribution in [0.15, 0.2) is 30.3 Å². The van der Waals surface area contributed by atoms with E-state index >= 15 is 0 Å². The van der Waals surface area contributed by atoms with Gasteiger partial charge in [0, 0.05) is 25.6 Å². The van der Waals surface area contributed by atoms with E-state index in [2.05, 4.69) is 65.6 Å². The maximum Gasteiger partial charge on any atom is 0.132 e. The first-order chi connectivity index (χ1) is 10.2. The molecule has 0 saturated carbocycles. The van der Waals surface area contributed by atoms with Gasteiger partial charge in [0.2, 0.25) is 0 Å². The first-order valence-corrected chi connectivity index (χ1v) is 7.68. The molecule has 1 aromatic heterocycles. The Morgan fingerprint density at radius 2 is 1.43 bits per heavy atom. The number of hydrogen-bond acceptors (Lipinski definition) is 4. The van der Waals surface area contributed by atoms with Gasteiger partial charge in [-0.1, -0.05) is 38.1 Å². The van der Waals surface area contributed by atoms with E-state index in [4.69, 9.17) is 0 Å². The van der Waals surface area contributed by atoms with Gasteiger partial charge in [0.15, 0.2) is 0 Å². The first kappa shape index (κ1) is 15.3. The molecule has 4 nitrogen and oxygen atoms in total. The van der Waals surface area contributed by atoms with Crippen molar-refractivity contribution in [1.82, 2.24) is 9.97 Å². The topological polar surface area (TPSA) is 49.8 Å². The Kier molecular flexibility index (Phi) is 5.55. The van der Waals surface area contributed by atoms with Gasteiger partial charge in [0.1, 0.15) is 17.5 Å². The quantitative estimate of drug-likeness (QED) is 0.815. The molecule has 0 aliphatic heterocycles. The lowest BCUT2D eigenvalue weighted by molar-refractivity contribution is 0.929. The van der Waals surface area contributed by atoms with Crippen molar-refractivity contribution >= 4 is 11.6 Å². The molecular formula is C17H24N4. The second-order valence-electron chi connectivity index (χ2n) is 4.96. The van der Waals surface area contributed by atoms with Crippen LogP contribution in [-0.2, 0) is 19.4 Å². The molecule has 2 rings (SSSR count). The molecular weight excluding hydrogens is 260 g/mol. The van der Waals surface area contributed by atoms with Crippen molar-refractivity contribution in [2.45, 2.75) is 40.2 Å². The lowest BCUT2D eigenvalue weighted by atomic mass is 10.1. The summed E-state index contributed by atoms with van der Waals surface area (Å²) in [4.78, 5) is 8.98. The third-order valence-corrected chi connectivity index (χ3v) is 3.35. The van der Waals surface area contributed by atoms with E-state index in [-0.39, 0.29) is 0 Å². The smallest absolute Gasteiger partial charge is 0.132 e. The zero-order valence-corrected chi connectivity index (χ0v) is 13.1. The summed E-state index contributed by atoms with van der Waals surface area (Å²) in [7, 11) is 0. The highest BCUT2D eigenvalue weighted by Crippen LogP contribution is 2.13. The molecule has 0 spiro atoms. The summed E-state index contributed by atoms with van der Waals surface area (Å²) in [6.07, 6.45) is 1.91. The summed E-state index contributed by atoms with van der Waals surface area (Å²) in [5, 5.41) is 6.63. The van der Waals surface area contributed by atoms with Crippen molar-refractivity contribution in [3.05, 3.63) is 47.3 Å². The Labute approximate surface area is 127 Å². The van der Waals surface area contributed by atoms with Gasteiger partial charge in [-0.05, 0) is 24.5 Å². The SMILES string of the molecule is CCNc1cc(NCc2ccc(CC)cc2)nc(CC)n1. The van der Waals surface area contributed by atoms with Crippen molar-refractivity contribution in [3.8, 4) is 0 Å². The predicted molar refractivity (Wildman–Crippen MR) is 88.7 cm³/mol. The summed E-state index contributed by atoms with van der Waals surface area (Å²) >= 11 is 0. The van der Waals surface area contributed by atoms with Crippen LogP contribution in [0.4, 0.5) is 11.6 Å². The van der Waals surface area contributed by atoms with Gasteiger partial charge in [-0.15, -0.1) is 0 Å². The Hall–Kier alpha value is -2.10. The van der Waals surface area contributed by atoms with Crippen LogP contribution in [0, 0.1) is 0 Å². The van der Waals surface area contributed by atoms with Crippen LogP contribution in [0.25, 0.3) is 0 Å². The van der Waals surface area contributed by atoms with Crippen molar-refractivity contribution < 1.29 is 0 Å². The molecule has 0 fully saturated rings. The Balaban J connectivity index is 2.05. The Bertz CT molecular complexity index is 564. The number of rotatable bonds is 7. The minimum Gasteiger partial charge on any atom is -0.370 e. The van der Waals surface area contributed by atoms with Crippen LogP contribution in [0.3, 0.4) is 0 Å². The van der Waals surface area contributed by atoms with E-state index in [0.717, 1.165) is 43.4 Å². The predicted octanol–water partition coefficient (Wildman–Crippen LogP) is 3.65. The second kappa shape index (κ2) is 7.62. The fourth-order valence-corrected chi connectivity index (χ4v) is 2.10. The molecule has 0 aliphatic rings. The van der Waals surface area contributed by atoms with E-state index in [1.807, 2.05) is 6.07 Å². The molecule has 0 saturated heterocycles. The molecule has 112 valence electrons. The number of anilines is 2. The fraction of sp³-hybridized carbons (Fsp3) is 0.412. The molecule has 0 bridgehead atoms. The fourth-order valence-electron chi connectivity index (χ4n) is 2.10. The zero-order chi connectivity index (χ0) is 15.1. The highest BCUT2D eigenvalue weighted by Gasteiger charge is 2.03. The van der Waals surface area contributed by atoms with E-state index < -0.39 is 0 Å². The molecule has 21 heavy (non-hydrogen) atoms. The number of aromatic nitrogens is 2. The van der Waals surface area contributed by atoms with Crippen LogP contribution in [0.5, 0.6) is 0 Å². The van der Waals surface area contributed by atoms with Gasteiger partial charge in [-0.25, -0.2) is 9.97 Å². The van der Waals surface area contributed by atoms with Crippen molar-refractivity contribution in [2.75, 3.05) is 17.2 Å². The van der Waals surface area contributed by atoms with Crippen LogP contribution < -0.4 is 10.6 Å². The summed E-state index contributed by atoms with van der Waals surface area (Å²) in [5.74, 6) is 2.61. The van der Waals surface area contributed by atoms with Gasteiger partial charge >= 0.3 is 0 Å². The molecule has 0 atom stereocenters. The number of benzene rings is 1. The van der Waals surface area contributed by atoms with Crippen molar-refractivity contribution in [2.24, 2.45) is 0 Å². The van der Waals surface area contributed by atoms with E-state index in [1.165, 1.54) is 11.1 Å². The molecule has 0 amide bonds. The molecule has 0 radical (unpaired) electrons. The zero-order valence-electron chi connectivity index (χ0n) is 13.1. The van der Waals surface area contributed by atoms with Crippen LogP contribution in [0.1, 0.15) is 37.7 Å². The Morgan fingerprint density at radius 1 is 0.810 bits per heavy atom. The Morgan fingerprint density at radius 3 is 2.00 bits per heavy atom. The number of aryl methyl sites for hydroxylation is 2. The average Bonchev–Trinajstić information content (AvgIpc) is 2.53. The van der Waals surface area contributed by atoms with E-state index in [9.17, 15) is 0 Å². The largest absolute Gasteiger partial charge is 0.370 e. The third kappa shape index (κ3) is 4.45. The van der Waals surface area contributed by atoms with Crippen LogP contribution >= 0.6 is 0 Å². The summed E-state index contributed by atoms with van der Waals surface area (Å²) in [6, 6.07) is 10.7. The molecule has 0 unspecified atom stereocenters. The van der Waals surface area contributed by atoms with Gasteiger partial charge in [0.25, 0.3) is 0 Å². The molecule has 2 N–H and O–H groups in total. The summed E-state index contributed by atoms with van der Waals surface area (Å²) < 4.78 is 0. The van der Waals surface area contributed by atoms with Crippen molar-refractivity contribution in [3.63, 3.8) is 0 Å². The maximum atomic E-state index is 4.52. The number of hydrogen-bond donors (Lipinski definition) is 2. The van der Waals surface area contributed by atoms with E-state index in [1.54, 1.807) is 0 Å². The minimum absolute atomic E-state index is 0.774. The molecule has 1 aromatic carbocycles. The van der Waals surface area contributed by atoms with Crippen molar-refractivity contribution in [1.29, 1.82) is 0 Å². The molecule has 0 aliphatic carbocycles. The number of nitrogens with one attached hydrogen (secondary N) is 2. The monoisotopic (exact) mass is 284 g/mol. The van der Waals surface area contributed by atoms with E-state index in [0.29, 0.717) is 0 Å². The average molecular weight is 284 g/mol. The van der Waals surface area contributed by atoms with Gasteiger partial charge in [-0.2, -0.15) is 0 Å². The molecule has 4 heteroatoms. The first-order valence-electron chi connectivity index (χ1n) is 7.68. The van der Waals surface area contributed by atoms with Gasteiger partial charge in [-0.3, -0.25) is 0 Å². The summed E-state index contributed by atoms with van der Waals surface area (Å²) in [5.41, 5.74) is 2.62. The second-order valence-corrected chi connectivity index (χ2v) is 4.96. The van der Waals surface area contributed by atoms with Gasteiger partial charge in [0.05, 0.1) is 0 Å². The molecule has 1 heterocycles.